The fraction of sp³-hybridized carbons (Fsp3) is 0.920. The standard InChI is InChI=1S/C25H40O4/c1-15(5-8-22(28)29)18-6-7-19-24(18,3)12-10-20-23(2)11-9-17(26)13-16(23)14-21(27)25(19,20)4/h15-20,26H,5-14H2,1-4H3,(H,28,29)/t15-,16+,17-,18-,19-,20-,23+,24-,25+/m1/s1. The smallest absolute Gasteiger partial charge is 0.303 e. The first kappa shape index (κ1) is 21.3. The number of hydrogen-bond acceptors (Lipinski definition) is 3. The molecular formula is C25H40O4. The quantitative estimate of drug-likeness (QED) is 0.685. The molecule has 0 amide bonds. The summed E-state index contributed by atoms with van der Waals surface area (Å²) < 4.78 is 0. The first-order valence-corrected chi connectivity index (χ1v) is 12.0. The number of hydrogen-bond donors (Lipinski definition) is 2. The van der Waals surface area contributed by atoms with E-state index in [9.17, 15) is 14.7 Å². The monoisotopic (exact) mass is 404 g/mol. The van der Waals surface area contributed by atoms with Crippen LogP contribution in [-0.4, -0.2) is 28.1 Å². The van der Waals surface area contributed by atoms with Gasteiger partial charge in [0.2, 0.25) is 0 Å². The van der Waals surface area contributed by atoms with Crippen LogP contribution >= 0.6 is 0 Å². The van der Waals surface area contributed by atoms with E-state index in [1.807, 2.05) is 0 Å². The summed E-state index contributed by atoms with van der Waals surface area (Å²) in [6, 6.07) is 0. The molecule has 0 heterocycles. The van der Waals surface area contributed by atoms with Crippen LogP contribution in [0.5, 0.6) is 0 Å². The molecule has 29 heavy (non-hydrogen) atoms. The molecule has 0 radical (unpaired) electrons. The highest BCUT2D eigenvalue weighted by Crippen LogP contribution is 2.72. The van der Waals surface area contributed by atoms with E-state index in [0.717, 1.165) is 51.4 Å². The van der Waals surface area contributed by atoms with E-state index in [-0.39, 0.29) is 28.8 Å². The Bertz CT molecular complexity index is 688. The van der Waals surface area contributed by atoms with Gasteiger partial charge in [-0.2, -0.15) is 0 Å². The number of carboxylic acid groups (broad SMARTS) is 1. The number of ketones is 1. The lowest BCUT2D eigenvalue weighted by Crippen LogP contribution is -2.62. The second-order valence-electron chi connectivity index (χ2n) is 11.8. The molecule has 4 saturated carbocycles. The molecule has 4 aliphatic rings. The van der Waals surface area contributed by atoms with Crippen molar-refractivity contribution in [3.63, 3.8) is 0 Å². The van der Waals surface area contributed by atoms with Crippen LogP contribution in [0.2, 0.25) is 0 Å². The summed E-state index contributed by atoms with van der Waals surface area (Å²) in [6.45, 7) is 9.36. The molecule has 0 aliphatic heterocycles. The average molecular weight is 405 g/mol. The van der Waals surface area contributed by atoms with Gasteiger partial charge in [0.05, 0.1) is 6.10 Å². The van der Waals surface area contributed by atoms with Crippen molar-refractivity contribution in [2.45, 2.75) is 98.0 Å². The number of aliphatic carboxylic acids is 1. The van der Waals surface area contributed by atoms with E-state index in [2.05, 4.69) is 27.7 Å². The lowest BCUT2D eigenvalue weighted by molar-refractivity contribution is -0.185. The molecule has 0 bridgehead atoms. The van der Waals surface area contributed by atoms with Gasteiger partial charge in [-0.05, 0) is 91.8 Å². The molecule has 4 rings (SSSR count). The molecule has 0 aromatic heterocycles. The summed E-state index contributed by atoms with van der Waals surface area (Å²) in [5.41, 5.74) is 0.0776. The molecule has 0 aromatic rings. The summed E-state index contributed by atoms with van der Waals surface area (Å²) in [7, 11) is 0. The Morgan fingerprint density at radius 2 is 1.72 bits per heavy atom. The summed E-state index contributed by atoms with van der Waals surface area (Å²) in [5, 5.41) is 19.4. The van der Waals surface area contributed by atoms with Crippen molar-refractivity contribution >= 4 is 11.8 Å². The van der Waals surface area contributed by atoms with Gasteiger partial charge in [-0.25, -0.2) is 0 Å². The van der Waals surface area contributed by atoms with E-state index in [1.54, 1.807) is 0 Å². The number of carbonyl (C=O) groups excluding carboxylic acids is 1. The predicted octanol–water partition coefficient (Wildman–Crippen LogP) is 5.08. The fourth-order valence-corrected chi connectivity index (χ4v) is 9.11. The van der Waals surface area contributed by atoms with E-state index >= 15 is 0 Å². The minimum Gasteiger partial charge on any atom is -0.481 e. The third-order valence-electron chi connectivity index (χ3n) is 10.7. The van der Waals surface area contributed by atoms with Crippen LogP contribution in [0.1, 0.15) is 91.9 Å². The van der Waals surface area contributed by atoms with Gasteiger partial charge in [-0.3, -0.25) is 9.59 Å². The molecular weight excluding hydrogens is 364 g/mol. The maximum absolute atomic E-state index is 13.7. The predicted molar refractivity (Wildman–Crippen MR) is 112 cm³/mol. The summed E-state index contributed by atoms with van der Waals surface area (Å²) in [4.78, 5) is 24.8. The van der Waals surface area contributed by atoms with Gasteiger partial charge in [0, 0.05) is 18.3 Å². The number of carbonyl (C=O) groups is 2. The molecule has 4 aliphatic carbocycles. The Hall–Kier alpha value is -0.900. The Morgan fingerprint density at radius 3 is 2.41 bits per heavy atom. The van der Waals surface area contributed by atoms with Crippen LogP contribution in [0.15, 0.2) is 0 Å². The number of carboxylic acids is 1. The molecule has 0 aromatic carbocycles. The van der Waals surface area contributed by atoms with Gasteiger partial charge in [0.1, 0.15) is 5.78 Å². The van der Waals surface area contributed by atoms with Crippen LogP contribution in [0.4, 0.5) is 0 Å². The highest BCUT2D eigenvalue weighted by Gasteiger charge is 2.68. The lowest BCUT2D eigenvalue weighted by atomic mass is 9.39. The first-order valence-electron chi connectivity index (χ1n) is 12.0. The number of aliphatic hydroxyl groups excluding tert-OH is 1. The summed E-state index contributed by atoms with van der Waals surface area (Å²) >= 11 is 0. The number of Topliss-reactive ketones (excluding diaryl/α,β-unsaturated/α-hetero) is 1. The SMILES string of the molecule is C[C@H](CCC(=O)O)[C@H]1CC[C@@H]2[C@]1(C)CC[C@@H]1[C@@]3(C)CC[C@@H](O)C[C@H]3CC(=O)[C@]12C. The van der Waals surface area contributed by atoms with Crippen molar-refractivity contribution < 1.29 is 19.8 Å². The number of fused-ring (bicyclic) bond motifs is 5. The molecule has 164 valence electrons. The zero-order valence-electron chi connectivity index (χ0n) is 18.7. The molecule has 9 atom stereocenters. The van der Waals surface area contributed by atoms with Gasteiger partial charge in [-0.15, -0.1) is 0 Å². The van der Waals surface area contributed by atoms with E-state index in [4.69, 9.17) is 5.11 Å². The Morgan fingerprint density at radius 1 is 1.07 bits per heavy atom. The van der Waals surface area contributed by atoms with Crippen molar-refractivity contribution in [1.82, 2.24) is 0 Å². The van der Waals surface area contributed by atoms with E-state index in [0.29, 0.717) is 41.8 Å². The van der Waals surface area contributed by atoms with Crippen LogP contribution in [0, 0.1) is 45.8 Å². The van der Waals surface area contributed by atoms with Crippen LogP contribution in [-0.2, 0) is 9.59 Å². The number of rotatable bonds is 4. The zero-order chi connectivity index (χ0) is 21.2. The normalized spacial score (nSPS) is 50.4. The van der Waals surface area contributed by atoms with Gasteiger partial charge in [0.15, 0.2) is 0 Å². The van der Waals surface area contributed by atoms with Crippen molar-refractivity contribution in [3.8, 4) is 0 Å². The third-order valence-corrected chi connectivity index (χ3v) is 10.7. The highest BCUT2D eigenvalue weighted by molar-refractivity contribution is 5.87. The highest BCUT2D eigenvalue weighted by atomic mass is 16.4. The molecule has 4 nitrogen and oxygen atoms in total. The van der Waals surface area contributed by atoms with Gasteiger partial charge < -0.3 is 10.2 Å². The largest absolute Gasteiger partial charge is 0.481 e. The van der Waals surface area contributed by atoms with Crippen molar-refractivity contribution in [3.05, 3.63) is 0 Å². The Labute approximate surface area is 175 Å². The molecule has 4 heteroatoms. The maximum Gasteiger partial charge on any atom is 0.303 e. The molecule has 0 spiro atoms. The topological polar surface area (TPSA) is 74.6 Å². The van der Waals surface area contributed by atoms with Crippen LogP contribution < -0.4 is 0 Å². The van der Waals surface area contributed by atoms with Crippen molar-refractivity contribution in [2.75, 3.05) is 0 Å². The number of aliphatic hydroxyl groups is 1. The van der Waals surface area contributed by atoms with Gasteiger partial charge >= 0.3 is 5.97 Å². The second kappa shape index (κ2) is 7.07. The van der Waals surface area contributed by atoms with Crippen LogP contribution in [0.25, 0.3) is 0 Å². The Balaban J connectivity index is 1.63. The minimum atomic E-state index is -0.701. The first-order chi connectivity index (χ1) is 13.5. The molecule has 4 fully saturated rings. The van der Waals surface area contributed by atoms with E-state index < -0.39 is 5.97 Å². The fourth-order valence-electron chi connectivity index (χ4n) is 9.11. The van der Waals surface area contributed by atoms with Crippen molar-refractivity contribution in [1.29, 1.82) is 0 Å². The minimum absolute atomic E-state index is 0.149. The molecule has 0 saturated heterocycles. The zero-order valence-corrected chi connectivity index (χ0v) is 18.7. The molecule has 2 N–H and O–H groups in total. The van der Waals surface area contributed by atoms with Gasteiger partial charge in [-0.1, -0.05) is 27.7 Å². The maximum atomic E-state index is 13.7. The molecule has 0 unspecified atom stereocenters. The Kier molecular flexibility index (Phi) is 5.20. The van der Waals surface area contributed by atoms with Crippen LogP contribution in [0.3, 0.4) is 0 Å². The summed E-state index contributed by atoms with van der Waals surface area (Å²) in [6.07, 6.45) is 8.66. The lowest BCUT2D eigenvalue weighted by Gasteiger charge is -2.65. The second-order valence-corrected chi connectivity index (χ2v) is 11.8. The van der Waals surface area contributed by atoms with E-state index in [1.165, 1.54) is 0 Å². The third kappa shape index (κ3) is 3.03. The average Bonchev–Trinajstić information content (AvgIpc) is 3.00. The van der Waals surface area contributed by atoms with Crippen molar-refractivity contribution in [2.24, 2.45) is 45.8 Å². The summed E-state index contributed by atoms with van der Waals surface area (Å²) in [5.74, 6) is 1.86. The van der Waals surface area contributed by atoms with Gasteiger partial charge in [0.25, 0.3) is 0 Å².